The second-order valence-corrected chi connectivity index (χ2v) is 7.77. The average molecular weight is 365 g/mol. The summed E-state index contributed by atoms with van der Waals surface area (Å²) in [6.07, 6.45) is 6.76. The molecule has 5 heteroatoms. The van der Waals surface area contributed by atoms with Gasteiger partial charge in [-0.15, -0.1) is 11.3 Å². The second-order valence-electron chi connectivity index (χ2n) is 6.65. The van der Waals surface area contributed by atoms with Crippen LogP contribution in [0.25, 0.3) is 10.6 Å². The molecule has 1 atom stereocenters. The van der Waals surface area contributed by atoms with Gasteiger partial charge in [-0.3, -0.25) is 9.88 Å². The summed E-state index contributed by atoms with van der Waals surface area (Å²) in [7, 11) is 0. The summed E-state index contributed by atoms with van der Waals surface area (Å²) in [6, 6.07) is 13.6. The van der Waals surface area contributed by atoms with Crippen LogP contribution in [0.4, 0.5) is 0 Å². The maximum Gasteiger partial charge on any atom is 0.123 e. The van der Waals surface area contributed by atoms with Crippen molar-refractivity contribution in [1.82, 2.24) is 20.2 Å². The number of piperazine rings is 1. The molecule has 1 unspecified atom stereocenters. The van der Waals surface area contributed by atoms with Crippen LogP contribution in [0.15, 0.2) is 55.0 Å². The molecule has 1 aliphatic heterocycles. The largest absolute Gasteiger partial charge is 0.314 e. The lowest BCUT2D eigenvalue weighted by atomic mass is 10.0. The molecule has 0 spiro atoms. The third kappa shape index (κ3) is 3.85. The topological polar surface area (TPSA) is 41.0 Å². The van der Waals surface area contributed by atoms with Crippen LogP contribution < -0.4 is 5.32 Å². The van der Waals surface area contributed by atoms with Crippen LogP contribution >= 0.6 is 11.3 Å². The maximum atomic E-state index is 4.62. The van der Waals surface area contributed by atoms with Gasteiger partial charge in [-0.2, -0.15) is 0 Å². The van der Waals surface area contributed by atoms with E-state index in [-0.39, 0.29) is 0 Å². The van der Waals surface area contributed by atoms with Crippen LogP contribution in [0.1, 0.15) is 29.0 Å². The normalized spacial score (nSPS) is 18.1. The summed E-state index contributed by atoms with van der Waals surface area (Å²) < 4.78 is 0. The molecule has 0 radical (unpaired) electrons. The average Bonchev–Trinajstić information content (AvgIpc) is 3.18. The van der Waals surface area contributed by atoms with Crippen molar-refractivity contribution in [3.05, 3.63) is 71.0 Å². The summed E-state index contributed by atoms with van der Waals surface area (Å²) in [5.74, 6) is 0. The molecular weight excluding hydrogens is 340 g/mol. The molecule has 1 N–H and O–H groups in total. The minimum absolute atomic E-state index is 0.418. The first-order valence-corrected chi connectivity index (χ1v) is 10.0. The van der Waals surface area contributed by atoms with Crippen molar-refractivity contribution in [3.8, 4) is 10.6 Å². The number of nitrogens with zero attached hydrogens (tertiary/aromatic N) is 3. The number of rotatable bonds is 5. The molecule has 1 aliphatic rings. The predicted molar refractivity (Wildman–Crippen MR) is 107 cm³/mol. The summed E-state index contributed by atoms with van der Waals surface area (Å²) >= 11 is 1.78. The lowest BCUT2D eigenvalue weighted by Crippen LogP contribution is -2.45. The smallest absolute Gasteiger partial charge is 0.123 e. The fraction of sp³-hybridized carbons (Fsp3) is 0.333. The molecule has 26 heavy (non-hydrogen) atoms. The zero-order valence-electron chi connectivity index (χ0n) is 15.1. The molecular formula is C21H24N4S. The standard InChI is InChI=1S/C21H24N4S/c1-2-16-3-5-17(6-4-16)20-14-23-11-12-25(20)15-19-13-24-21(26-19)18-7-9-22-10-8-18/h3-10,13,20,23H,2,11-12,14-15H2,1H3. The van der Waals surface area contributed by atoms with Crippen LogP contribution in [-0.2, 0) is 13.0 Å². The summed E-state index contributed by atoms with van der Waals surface area (Å²) in [4.78, 5) is 12.6. The quantitative estimate of drug-likeness (QED) is 0.745. The van der Waals surface area contributed by atoms with Crippen LogP contribution in [0.3, 0.4) is 0 Å². The zero-order valence-corrected chi connectivity index (χ0v) is 15.9. The summed E-state index contributed by atoms with van der Waals surface area (Å²) in [5, 5.41) is 4.62. The number of thiazole rings is 1. The monoisotopic (exact) mass is 364 g/mol. The van der Waals surface area contributed by atoms with E-state index in [1.165, 1.54) is 16.0 Å². The van der Waals surface area contributed by atoms with Crippen LogP contribution in [0, 0.1) is 0 Å². The highest BCUT2D eigenvalue weighted by atomic mass is 32.1. The van der Waals surface area contributed by atoms with Gasteiger partial charge in [0.05, 0.1) is 0 Å². The number of hydrogen-bond donors (Lipinski definition) is 1. The number of hydrogen-bond acceptors (Lipinski definition) is 5. The molecule has 3 heterocycles. The first kappa shape index (κ1) is 17.3. The Morgan fingerprint density at radius 2 is 1.96 bits per heavy atom. The molecule has 4 nitrogen and oxygen atoms in total. The van der Waals surface area contributed by atoms with Crippen molar-refractivity contribution in [3.63, 3.8) is 0 Å². The van der Waals surface area contributed by atoms with E-state index >= 15 is 0 Å². The molecule has 0 aliphatic carbocycles. The number of nitrogens with one attached hydrogen (secondary N) is 1. The minimum atomic E-state index is 0.418. The van der Waals surface area contributed by atoms with E-state index in [4.69, 9.17) is 0 Å². The van der Waals surface area contributed by atoms with Crippen LogP contribution in [0.2, 0.25) is 0 Å². The number of pyridine rings is 1. The van der Waals surface area contributed by atoms with Gasteiger partial charge in [0, 0.05) is 61.3 Å². The molecule has 0 saturated carbocycles. The maximum absolute atomic E-state index is 4.62. The van der Waals surface area contributed by atoms with Gasteiger partial charge >= 0.3 is 0 Å². The first-order valence-electron chi connectivity index (χ1n) is 9.22. The van der Waals surface area contributed by atoms with Gasteiger partial charge in [-0.05, 0) is 29.7 Å². The predicted octanol–water partition coefficient (Wildman–Crippen LogP) is 3.91. The van der Waals surface area contributed by atoms with Gasteiger partial charge < -0.3 is 5.32 Å². The molecule has 3 aromatic rings. The third-order valence-electron chi connectivity index (χ3n) is 4.97. The van der Waals surface area contributed by atoms with E-state index in [2.05, 4.69) is 51.4 Å². The van der Waals surface area contributed by atoms with E-state index < -0.39 is 0 Å². The Bertz CT molecular complexity index is 829. The SMILES string of the molecule is CCc1ccc(C2CNCCN2Cc2cnc(-c3ccncc3)s2)cc1. The van der Waals surface area contributed by atoms with Crippen LogP contribution in [0.5, 0.6) is 0 Å². The van der Waals surface area contributed by atoms with Gasteiger partial charge in [0.15, 0.2) is 0 Å². The highest BCUT2D eigenvalue weighted by Crippen LogP contribution is 2.29. The number of aryl methyl sites for hydroxylation is 1. The van der Waals surface area contributed by atoms with Gasteiger partial charge in [0.2, 0.25) is 0 Å². The number of aromatic nitrogens is 2. The van der Waals surface area contributed by atoms with Crippen molar-refractivity contribution >= 4 is 11.3 Å². The highest BCUT2D eigenvalue weighted by Gasteiger charge is 2.24. The fourth-order valence-electron chi connectivity index (χ4n) is 3.45. The summed E-state index contributed by atoms with van der Waals surface area (Å²) in [6.45, 7) is 6.25. The summed E-state index contributed by atoms with van der Waals surface area (Å²) in [5.41, 5.74) is 3.94. The Hall–Kier alpha value is -2.08. The highest BCUT2D eigenvalue weighted by molar-refractivity contribution is 7.15. The lowest BCUT2D eigenvalue weighted by molar-refractivity contribution is 0.155. The molecule has 0 bridgehead atoms. The van der Waals surface area contributed by atoms with Gasteiger partial charge in [0.1, 0.15) is 5.01 Å². The van der Waals surface area contributed by atoms with Crippen molar-refractivity contribution in [2.75, 3.05) is 19.6 Å². The van der Waals surface area contributed by atoms with Crippen molar-refractivity contribution in [1.29, 1.82) is 0 Å². The Kier molecular flexibility index (Phi) is 5.39. The molecule has 134 valence electrons. The molecule has 4 rings (SSSR count). The molecule has 0 amide bonds. The Morgan fingerprint density at radius 1 is 1.15 bits per heavy atom. The minimum Gasteiger partial charge on any atom is -0.314 e. The van der Waals surface area contributed by atoms with Crippen molar-refractivity contribution in [2.45, 2.75) is 25.9 Å². The second kappa shape index (κ2) is 8.08. The first-order chi connectivity index (χ1) is 12.8. The Labute approximate surface area is 158 Å². The van der Waals surface area contributed by atoms with E-state index in [1.807, 2.05) is 30.7 Å². The van der Waals surface area contributed by atoms with E-state index in [0.717, 1.165) is 43.2 Å². The molecule has 1 aromatic carbocycles. The van der Waals surface area contributed by atoms with Gasteiger partial charge in [0.25, 0.3) is 0 Å². The Balaban J connectivity index is 1.51. The van der Waals surface area contributed by atoms with Gasteiger partial charge in [-0.25, -0.2) is 4.98 Å². The van der Waals surface area contributed by atoms with E-state index in [9.17, 15) is 0 Å². The Morgan fingerprint density at radius 3 is 2.73 bits per heavy atom. The fourth-order valence-corrected chi connectivity index (χ4v) is 4.39. The van der Waals surface area contributed by atoms with Gasteiger partial charge in [-0.1, -0.05) is 31.2 Å². The van der Waals surface area contributed by atoms with E-state index in [0.29, 0.717) is 6.04 Å². The van der Waals surface area contributed by atoms with Crippen LogP contribution in [-0.4, -0.2) is 34.5 Å². The third-order valence-corrected chi connectivity index (χ3v) is 6.00. The lowest BCUT2D eigenvalue weighted by Gasteiger charge is -2.36. The number of benzene rings is 1. The molecule has 2 aromatic heterocycles. The molecule has 1 fully saturated rings. The van der Waals surface area contributed by atoms with Crippen molar-refractivity contribution in [2.24, 2.45) is 0 Å². The zero-order chi connectivity index (χ0) is 17.8. The van der Waals surface area contributed by atoms with E-state index in [1.54, 1.807) is 11.3 Å². The van der Waals surface area contributed by atoms with Crippen molar-refractivity contribution < 1.29 is 0 Å². The molecule has 1 saturated heterocycles.